The van der Waals surface area contributed by atoms with Gasteiger partial charge in [-0.25, -0.2) is 23.7 Å². The van der Waals surface area contributed by atoms with E-state index in [0.29, 0.717) is 38.0 Å². The van der Waals surface area contributed by atoms with E-state index in [1.54, 1.807) is 57.7 Å². The van der Waals surface area contributed by atoms with Gasteiger partial charge in [0.15, 0.2) is 9.87 Å². The first kappa shape index (κ1) is 26.4. The highest BCUT2D eigenvalue weighted by Crippen LogP contribution is 2.45. The van der Waals surface area contributed by atoms with E-state index in [1.165, 1.54) is 23.3 Å². The fourth-order valence-electron chi connectivity index (χ4n) is 5.23. The SMILES string of the molecule is Fc1ccc(C2(Cn3cnc(-c4ncn(CC5(c6ccc(-c7ccccc7)cc6)OCCS5)n4)n3)OCCS2)cc1. The lowest BCUT2D eigenvalue weighted by atomic mass is 10.0. The van der Waals surface area contributed by atoms with E-state index >= 15 is 0 Å². The number of benzene rings is 3. The molecule has 2 aliphatic heterocycles. The van der Waals surface area contributed by atoms with Crippen molar-refractivity contribution in [3.8, 4) is 22.8 Å². The molecule has 2 fully saturated rings. The molecular weight excluding hydrogens is 560 g/mol. The molecule has 208 valence electrons. The number of nitrogens with zero attached hydrogens (tertiary/aromatic N) is 6. The van der Waals surface area contributed by atoms with Crippen LogP contribution in [0.25, 0.3) is 22.8 Å². The quantitative estimate of drug-likeness (QED) is 0.233. The van der Waals surface area contributed by atoms with Crippen molar-refractivity contribution in [1.82, 2.24) is 29.5 Å². The molecule has 0 bridgehead atoms. The van der Waals surface area contributed by atoms with Gasteiger partial charge in [-0.2, -0.15) is 0 Å². The highest BCUT2D eigenvalue weighted by molar-refractivity contribution is 8.00. The molecule has 7 rings (SSSR count). The zero-order valence-electron chi connectivity index (χ0n) is 22.1. The van der Waals surface area contributed by atoms with Crippen LogP contribution in [-0.4, -0.2) is 54.2 Å². The van der Waals surface area contributed by atoms with Gasteiger partial charge in [-0.05, 0) is 34.4 Å². The molecule has 0 spiro atoms. The summed E-state index contributed by atoms with van der Waals surface area (Å²) in [4.78, 5) is 7.79. The Bertz CT molecular complexity index is 1610. The van der Waals surface area contributed by atoms with Crippen LogP contribution in [0, 0.1) is 5.82 Å². The van der Waals surface area contributed by atoms with Crippen molar-refractivity contribution in [2.75, 3.05) is 24.7 Å². The number of hydrogen-bond acceptors (Lipinski definition) is 8. The summed E-state index contributed by atoms with van der Waals surface area (Å²) >= 11 is 3.46. The van der Waals surface area contributed by atoms with Crippen LogP contribution in [0.15, 0.2) is 91.5 Å². The van der Waals surface area contributed by atoms with Gasteiger partial charge in [0.1, 0.15) is 18.5 Å². The predicted octanol–water partition coefficient (Wildman–Crippen LogP) is 5.58. The van der Waals surface area contributed by atoms with Crippen LogP contribution in [0.3, 0.4) is 0 Å². The van der Waals surface area contributed by atoms with E-state index in [1.807, 2.05) is 18.2 Å². The molecule has 2 saturated heterocycles. The van der Waals surface area contributed by atoms with Crippen molar-refractivity contribution >= 4 is 23.5 Å². The van der Waals surface area contributed by atoms with Crippen molar-refractivity contribution in [1.29, 1.82) is 0 Å². The summed E-state index contributed by atoms with van der Waals surface area (Å²) in [5, 5.41) is 9.36. The molecular formula is C30H27FN6O2S2. The smallest absolute Gasteiger partial charge is 0.220 e. The van der Waals surface area contributed by atoms with Crippen molar-refractivity contribution < 1.29 is 13.9 Å². The Morgan fingerprint density at radius 3 is 1.63 bits per heavy atom. The molecule has 41 heavy (non-hydrogen) atoms. The average molecular weight is 587 g/mol. The molecule has 8 nitrogen and oxygen atoms in total. The van der Waals surface area contributed by atoms with Crippen LogP contribution >= 0.6 is 23.5 Å². The molecule has 5 aromatic rings. The minimum Gasteiger partial charge on any atom is -0.357 e. The van der Waals surface area contributed by atoms with Gasteiger partial charge in [-0.1, -0.05) is 66.7 Å². The van der Waals surface area contributed by atoms with E-state index in [9.17, 15) is 4.39 Å². The minimum atomic E-state index is -0.648. The Morgan fingerprint density at radius 1 is 0.659 bits per heavy atom. The molecule has 0 aliphatic carbocycles. The number of rotatable bonds is 8. The summed E-state index contributed by atoms with van der Waals surface area (Å²) in [6, 6.07) is 25.4. The lowest BCUT2D eigenvalue weighted by molar-refractivity contribution is 0.0328. The molecule has 0 saturated carbocycles. The average Bonchev–Trinajstić information content (AvgIpc) is 3.83. The predicted molar refractivity (Wildman–Crippen MR) is 157 cm³/mol. The second kappa shape index (κ2) is 11.1. The number of hydrogen-bond donors (Lipinski definition) is 0. The lowest BCUT2D eigenvalue weighted by Crippen LogP contribution is -2.28. The standard InChI is InChI=1S/C30H27FN6O2S2/c31-26-12-10-25(11-13-26)30(39-15-17-41-30)19-37-21-33-28(35-37)27-32-20-36(34-27)18-29(38-14-16-40-29)24-8-6-23(7-9-24)22-4-2-1-3-5-22/h1-13,20-21H,14-19H2. The fourth-order valence-corrected chi connectivity index (χ4v) is 7.61. The Morgan fingerprint density at radius 2 is 1.15 bits per heavy atom. The Labute approximate surface area is 245 Å². The Balaban J connectivity index is 1.09. The van der Waals surface area contributed by atoms with Gasteiger partial charge in [0.2, 0.25) is 11.6 Å². The minimum absolute atomic E-state index is 0.274. The third-order valence-electron chi connectivity index (χ3n) is 7.24. The molecule has 11 heteroatoms. The summed E-state index contributed by atoms with van der Waals surface area (Å²) in [6.45, 7) is 2.23. The molecule has 3 aromatic carbocycles. The van der Waals surface area contributed by atoms with Gasteiger partial charge in [0, 0.05) is 11.5 Å². The number of aromatic nitrogens is 6. The number of halogens is 1. The van der Waals surface area contributed by atoms with E-state index in [0.717, 1.165) is 22.6 Å². The Hall–Kier alpha value is -3.51. The summed E-state index contributed by atoms with van der Waals surface area (Å²) in [5.41, 5.74) is 4.35. The zero-order chi connectivity index (χ0) is 27.7. The van der Waals surface area contributed by atoms with Gasteiger partial charge in [-0.15, -0.1) is 33.7 Å². The van der Waals surface area contributed by atoms with Crippen molar-refractivity contribution in [2.24, 2.45) is 0 Å². The van der Waals surface area contributed by atoms with Gasteiger partial charge in [-0.3, -0.25) is 0 Å². The van der Waals surface area contributed by atoms with Crippen LogP contribution in [0.4, 0.5) is 4.39 Å². The third-order valence-corrected chi connectivity index (χ3v) is 9.88. The molecule has 0 radical (unpaired) electrons. The van der Waals surface area contributed by atoms with Crippen molar-refractivity contribution in [2.45, 2.75) is 23.0 Å². The van der Waals surface area contributed by atoms with Crippen molar-refractivity contribution in [3.05, 3.63) is 108 Å². The van der Waals surface area contributed by atoms with E-state index in [2.05, 4.69) is 51.5 Å². The maximum Gasteiger partial charge on any atom is 0.220 e. The summed E-state index contributed by atoms with van der Waals surface area (Å²) < 4.78 is 29.6. The van der Waals surface area contributed by atoms with Crippen LogP contribution in [-0.2, 0) is 32.4 Å². The second-order valence-electron chi connectivity index (χ2n) is 9.88. The van der Waals surface area contributed by atoms with Crippen molar-refractivity contribution in [3.63, 3.8) is 0 Å². The summed E-state index contributed by atoms with van der Waals surface area (Å²) in [7, 11) is 0. The highest BCUT2D eigenvalue weighted by atomic mass is 32.2. The van der Waals surface area contributed by atoms with E-state index < -0.39 is 9.87 Å². The van der Waals surface area contributed by atoms with Crippen LogP contribution in [0.1, 0.15) is 11.1 Å². The summed E-state index contributed by atoms with van der Waals surface area (Å²) in [5.74, 6) is 2.36. The highest BCUT2D eigenvalue weighted by Gasteiger charge is 2.40. The maximum absolute atomic E-state index is 13.5. The van der Waals surface area contributed by atoms with E-state index in [-0.39, 0.29) is 5.82 Å². The topological polar surface area (TPSA) is 79.9 Å². The normalized spacial score (nSPS) is 22.4. The van der Waals surface area contributed by atoms with Crippen LogP contribution in [0.5, 0.6) is 0 Å². The van der Waals surface area contributed by atoms with Gasteiger partial charge < -0.3 is 9.47 Å². The monoisotopic (exact) mass is 586 g/mol. The van der Waals surface area contributed by atoms with Gasteiger partial charge >= 0.3 is 0 Å². The molecule has 2 aliphatic rings. The number of thioether (sulfide) groups is 2. The molecule has 4 heterocycles. The van der Waals surface area contributed by atoms with Gasteiger partial charge in [0.05, 0.1) is 26.3 Å². The van der Waals surface area contributed by atoms with Gasteiger partial charge in [0.25, 0.3) is 0 Å². The first-order valence-electron chi connectivity index (χ1n) is 13.4. The van der Waals surface area contributed by atoms with Crippen LogP contribution < -0.4 is 0 Å². The first-order valence-corrected chi connectivity index (χ1v) is 15.4. The maximum atomic E-state index is 13.5. The number of ether oxygens (including phenoxy) is 2. The molecule has 2 aromatic heterocycles. The largest absolute Gasteiger partial charge is 0.357 e. The van der Waals surface area contributed by atoms with E-state index in [4.69, 9.17) is 14.6 Å². The molecule has 0 N–H and O–H groups in total. The summed E-state index contributed by atoms with van der Waals surface area (Å²) in [6.07, 6.45) is 3.36. The Kier molecular flexibility index (Phi) is 7.11. The molecule has 2 unspecified atom stereocenters. The molecule has 2 atom stereocenters. The lowest BCUT2D eigenvalue weighted by Gasteiger charge is -2.28. The van der Waals surface area contributed by atoms with Crippen LogP contribution in [0.2, 0.25) is 0 Å². The molecule has 0 amide bonds. The second-order valence-corrected chi connectivity index (χ2v) is 12.6. The fraction of sp³-hybridized carbons (Fsp3) is 0.267. The zero-order valence-corrected chi connectivity index (χ0v) is 23.7. The first-order chi connectivity index (χ1) is 20.1. The third kappa shape index (κ3) is 5.30.